The molecule has 0 unspecified atom stereocenters. The van der Waals surface area contributed by atoms with Crippen molar-refractivity contribution in [1.82, 2.24) is 10.3 Å². The van der Waals surface area contributed by atoms with Crippen molar-refractivity contribution >= 4 is 11.3 Å². The number of nitrogens with one attached hydrogen (secondary N) is 1. The third kappa shape index (κ3) is 2.30. The van der Waals surface area contributed by atoms with E-state index >= 15 is 0 Å². The first kappa shape index (κ1) is 10.7. The van der Waals surface area contributed by atoms with Gasteiger partial charge in [0.2, 0.25) is 0 Å². The van der Waals surface area contributed by atoms with Crippen molar-refractivity contribution in [3.8, 4) is 0 Å². The fourth-order valence-corrected chi connectivity index (χ4v) is 3.63. The Morgan fingerprint density at radius 2 is 2.00 bits per heavy atom. The molecule has 1 N–H and O–H groups in total. The van der Waals surface area contributed by atoms with Crippen LogP contribution in [0.5, 0.6) is 0 Å². The summed E-state index contributed by atoms with van der Waals surface area (Å²) in [4.78, 5) is 6.20. The van der Waals surface area contributed by atoms with Crippen LogP contribution < -0.4 is 5.32 Å². The molecule has 0 aromatic carbocycles. The summed E-state index contributed by atoms with van der Waals surface area (Å²) in [5.74, 6) is 0.797. The maximum absolute atomic E-state index is 4.70. The van der Waals surface area contributed by atoms with E-state index < -0.39 is 0 Å². The van der Waals surface area contributed by atoms with Crippen molar-refractivity contribution in [3.05, 3.63) is 15.6 Å². The standard InChI is InChI=1S/C13H20N2S/c1-9-15-13(10-6-7-10)12(16-9)8-14-11-4-2-3-5-11/h10-11,14H,2-8H2,1H3. The number of hydrogen-bond donors (Lipinski definition) is 1. The number of rotatable bonds is 4. The third-order valence-electron chi connectivity index (χ3n) is 3.71. The van der Waals surface area contributed by atoms with E-state index in [1.54, 1.807) is 0 Å². The minimum absolute atomic E-state index is 0.773. The molecule has 2 aliphatic rings. The first-order valence-electron chi connectivity index (χ1n) is 6.52. The van der Waals surface area contributed by atoms with E-state index in [9.17, 15) is 0 Å². The van der Waals surface area contributed by atoms with Gasteiger partial charge >= 0.3 is 0 Å². The molecule has 2 nitrogen and oxygen atoms in total. The second-order valence-corrected chi connectivity index (χ2v) is 6.47. The van der Waals surface area contributed by atoms with Crippen molar-refractivity contribution in [2.45, 2.75) is 64.0 Å². The highest BCUT2D eigenvalue weighted by Crippen LogP contribution is 2.42. The van der Waals surface area contributed by atoms with Gasteiger partial charge in [-0.2, -0.15) is 0 Å². The highest BCUT2D eigenvalue weighted by atomic mass is 32.1. The summed E-state index contributed by atoms with van der Waals surface area (Å²) in [6.45, 7) is 3.19. The van der Waals surface area contributed by atoms with E-state index in [0.717, 1.165) is 18.5 Å². The average molecular weight is 236 g/mol. The summed E-state index contributed by atoms with van der Waals surface area (Å²) in [5.41, 5.74) is 1.41. The lowest BCUT2D eigenvalue weighted by atomic mass is 10.2. The van der Waals surface area contributed by atoms with Gasteiger partial charge in [-0.05, 0) is 32.6 Å². The SMILES string of the molecule is Cc1nc(C2CC2)c(CNC2CCCC2)s1. The monoisotopic (exact) mass is 236 g/mol. The first-order valence-corrected chi connectivity index (χ1v) is 7.34. The maximum Gasteiger partial charge on any atom is 0.0900 e. The summed E-state index contributed by atoms with van der Waals surface area (Å²) >= 11 is 1.89. The van der Waals surface area contributed by atoms with Gasteiger partial charge < -0.3 is 5.32 Å². The molecule has 3 heteroatoms. The van der Waals surface area contributed by atoms with Crippen LogP contribution in [0.3, 0.4) is 0 Å². The van der Waals surface area contributed by atoms with Crippen molar-refractivity contribution in [1.29, 1.82) is 0 Å². The molecular weight excluding hydrogens is 216 g/mol. The summed E-state index contributed by atoms with van der Waals surface area (Å²) in [5, 5.41) is 4.95. The topological polar surface area (TPSA) is 24.9 Å². The zero-order valence-electron chi connectivity index (χ0n) is 9.96. The molecular formula is C13H20N2S. The largest absolute Gasteiger partial charge is 0.309 e. The molecule has 2 aliphatic carbocycles. The van der Waals surface area contributed by atoms with Crippen molar-refractivity contribution in [2.24, 2.45) is 0 Å². The lowest BCUT2D eigenvalue weighted by Crippen LogP contribution is -2.25. The van der Waals surface area contributed by atoms with Crippen LogP contribution in [0.1, 0.15) is 60.0 Å². The Labute approximate surface area is 101 Å². The van der Waals surface area contributed by atoms with E-state index in [1.165, 1.54) is 54.1 Å². The van der Waals surface area contributed by atoms with Crippen LogP contribution in [-0.4, -0.2) is 11.0 Å². The normalized spacial score (nSPS) is 21.8. The zero-order chi connectivity index (χ0) is 11.0. The van der Waals surface area contributed by atoms with Crippen LogP contribution in [0.25, 0.3) is 0 Å². The predicted octanol–water partition coefficient (Wildman–Crippen LogP) is 3.36. The maximum atomic E-state index is 4.70. The van der Waals surface area contributed by atoms with Crippen LogP contribution in [0.4, 0.5) is 0 Å². The van der Waals surface area contributed by atoms with Gasteiger partial charge in [0.25, 0.3) is 0 Å². The van der Waals surface area contributed by atoms with Crippen LogP contribution in [0.15, 0.2) is 0 Å². The second kappa shape index (κ2) is 4.46. The van der Waals surface area contributed by atoms with E-state index in [4.69, 9.17) is 4.98 Å². The predicted molar refractivity (Wildman–Crippen MR) is 67.9 cm³/mol. The van der Waals surface area contributed by atoms with Crippen molar-refractivity contribution in [2.75, 3.05) is 0 Å². The second-order valence-electron chi connectivity index (χ2n) is 5.18. The molecule has 1 aromatic heterocycles. The lowest BCUT2D eigenvalue weighted by Gasteiger charge is -2.11. The van der Waals surface area contributed by atoms with Gasteiger partial charge in [-0.1, -0.05) is 12.8 Å². The lowest BCUT2D eigenvalue weighted by molar-refractivity contribution is 0.525. The number of hydrogen-bond acceptors (Lipinski definition) is 3. The molecule has 88 valence electrons. The van der Waals surface area contributed by atoms with Crippen LogP contribution in [-0.2, 0) is 6.54 Å². The molecule has 1 heterocycles. The molecule has 0 aliphatic heterocycles. The van der Waals surface area contributed by atoms with Gasteiger partial charge in [0.1, 0.15) is 0 Å². The molecule has 0 amide bonds. The molecule has 2 saturated carbocycles. The smallest absolute Gasteiger partial charge is 0.0900 e. The molecule has 0 bridgehead atoms. The molecule has 0 radical (unpaired) electrons. The number of aryl methyl sites for hydroxylation is 1. The highest BCUT2D eigenvalue weighted by molar-refractivity contribution is 7.11. The quantitative estimate of drug-likeness (QED) is 0.867. The van der Waals surface area contributed by atoms with Gasteiger partial charge in [0.05, 0.1) is 10.7 Å². The van der Waals surface area contributed by atoms with Gasteiger partial charge in [-0.3, -0.25) is 0 Å². The Balaban J connectivity index is 1.63. The van der Waals surface area contributed by atoms with E-state index in [1.807, 2.05) is 11.3 Å². The number of aromatic nitrogens is 1. The Bertz CT molecular complexity index is 362. The van der Waals surface area contributed by atoms with Gasteiger partial charge in [-0.25, -0.2) is 4.98 Å². The fraction of sp³-hybridized carbons (Fsp3) is 0.769. The van der Waals surface area contributed by atoms with E-state index in [0.29, 0.717) is 0 Å². The number of nitrogens with zero attached hydrogens (tertiary/aromatic N) is 1. The van der Waals surface area contributed by atoms with Crippen LogP contribution in [0, 0.1) is 6.92 Å². The molecule has 2 fully saturated rings. The average Bonchev–Trinajstić information content (AvgIpc) is 2.85. The Morgan fingerprint density at radius 3 is 2.69 bits per heavy atom. The molecule has 0 saturated heterocycles. The van der Waals surface area contributed by atoms with Crippen LogP contribution in [0.2, 0.25) is 0 Å². The Morgan fingerprint density at radius 1 is 1.25 bits per heavy atom. The highest BCUT2D eigenvalue weighted by Gasteiger charge is 2.29. The first-order chi connectivity index (χ1) is 7.83. The third-order valence-corrected chi connectivity index (χ3v) is 4.69. The Hall–Kier alpha value is -0.410. The minimum Gasteiger partial charge on any atom is -0.309 e. The zero-order valence-corrected chi connectivity index (χ0v) is 10.8. The van der Waals surface area contributed by atoms with Crippen molar-refractivity contribution in [3.63, 3.8) is 0 Å². The number of thiazole rings is 1. The van der Waals surface area contributed by atoms with Crippen LogP contribution >= 0.6 is 11.3 Å². The summed E-state index contributed by atoms with van der Waals surface area (Å²) < 4.78 is 0. The fourth-order valence-electron chi connectivity index (χ4n) is 2.65. The molecule has 16 heavy (non-hydrogen) atoms. The van der Waals surface area contributed by atoms with Gasteiger partial charge in [0, 0.05) is 23.4 Å². The molecule has 0 atom stereocenters. The summed E-state index contributed by atoms with van der Waals surface area (Å²) in [6, 6.07) is 0.773. The molecule has 0 spiro atoms. The van der Waals surface area contributed by atoms with Crippen molar-refractivity contribution < 1.29 is 0 Å². The minimum atomic E-state index is 0.773. The van der Waals surface area contributed by atoms with E-state index in [-0.39, 0.29) is 0 Å². The van der Waals surface area contributed by atoms with Gasteiger partial charge in [0.15, 0.2) is 0 Å². The summed E-state index contributed by atoms with van der Waals surface area (Å²) in [6.07, 6.45) is 8.29. The summed E-state index contributed by atoms with van der Waals surface area (Å²) in [7, 11) is 0. The van der Waals surface area contributed by atoms with Gasteiger partial charge in [-0.15, -0.1) is 11.3 Å². The molecule has 3 rings (SSSR count). The molecule has 1 aromatic rings. The van der Waals surface area contributed by atoms with E-state index in [2.05, 4.69) is 12.2 Å². The Kier molecular flexibility index (Phi) is 2.99.